The van der Waals surface area contributed by atoms with Crippen LogP contribution >= 0.6 is 11.3 Å². The summed E-state index contributed by atoms with van der Waals surface area (Å²) >= 11 is 1.74. The predicted molar refractivity (Wildman–Crippen MR) is 109 cm³/mol. The molecule has 1 saturated heterocycles. The minimum absolute atomic E-state index is 0.0696. The Morgan fingerprint density at radius 2 is 2.04 bits per heavy atom. The molecule has 142 valence electrons. The van der Waals surface area contributed by atoms with E-state index in [4.69, 9.17) is 14.7 Å². The van der Waals surface area contributed by atoms with E-state index < -0.39 is 0 Å². The molecular formula is C20H25N5OS. The average molecular weight is 384 g/mol. The summed E-state index contributed by atoms with van der Waals surface area (Å²) in [4.78, 5) is 18.9. The van der Waals surface area contributed by atoms with Crippen molar-refractivity contribution in [2.45, 2.75) is 33.4 Å². The van der Waals surface area contributed by atoms with Crippen molar-refractivity contribution in [2.75, 3.05) is 31.6 Å². The number of anilines is 1. The third-order valence-corrected chi connectivity index (χ3v) is 6.13. The average Bonchev–Trinajstić information content (AvgIpc) is 2.97. The Bertz CT molecular complexity index is 921. The molecule has 1 N–H and O–H groups in total. The number of rotatable bonds is 5. The first kappa shape index (κ1) is 18.3. The molecule has 1 unspecified atom stereocenters. The van der Waals surface area contributed by atoms with Gasteiger partial charge < -0.3 is 10.1 Å². The van der Waals surface area contributed by atoms with Gasteiger partial charge in [0.15, 0.2) is 0 Å². The largest absolute Gasteiger partial charge is 0.379 e. The van der Waals surface area contributed by atoms with Crippen molar-refractivity contribution in [1.82, 2.24) is 19.9 Å². The van der Waals surface area contributed by atoms with Gasteiger partial charge >= 0.3 is 0 Å². The molecule has 0 spiro atoms. The normalized spacial score (nSPS) is 16.6. The maximum atomic E-state index is 5.45. The van der Waals surface area contributed by atoms with Crippen molar-refractivity contribution in [2.24, 2.45) is 0 Å². The lowest BCUT2D eigenvalue weighted by molar-refractivity contribution is 0.0331. The van der Waals surface area contributed by atoms with E-state index in [1.54, 1.807) is 11.3 Å². The highest BCUT2D eigenvalue weighted by molar-refractivity contribution is 7.18. The number of hydrogen-bond acceptors (Lipinski definition) is 7. The molecule has 0 aliphatic carbocycles. The van der Waals surface area contributed by atoms with Crippen LogP contribution in [0.4, 0.5) is 5.82 Å². The van der Waals surface area contributed by atoms with E-state index in [9.17, 15) is 0 Å². The highest BCUT2D eigenvalue weighted by Crippen LogP contribution is 2.34. The van der Waals surface area contributed by atoms with Crippen LogP contribution in [0.15, 0.2) is 24.4 Å². The first-order valence-corrected chi connectivity index (χ1v) is 10.2. The van der Waals surface area contributed by atoms with Gasteiger partial charge in [-0.3, -0.25) is 9.88 Å². The second-order valence-corrected chi connectivity index (χ2v) is 8.16. The summed E-state index contributed by atoms with van der Waals surface area (Å²) in [6.07, 6.45) is 1.83. The minimum atomic E-state index is 0.0696. The van der Waals surface area contributed by atoms with Gasteiger partial charge in [0.25, 0.3) is 0 Å². The summed E-state index contributed by atoms with van der Waals surface area (Å²) in [6.45, 7) is 10.6. The highest BCUT2D eigenvalue weighted by Gasteiger charge is 2.19. The van der Waals surface area contributed by atoms with Crippen molar-refractivity contribution in [3.05, 3.63) is 46.4 Å². The molecule has 4 heterocycles. The second kappa shape index (κ2) is 7.88. The summed E-state index contributed by atoms with van der Waals surface area (Å²) in [5.41, 5.74) is 2.26. The maximum Gasteiger partial charge on any atom is 0.146 e. The Balaban J connectivity index is 1.68. The molecule has 0 radical (unpaired) electrons. The first-order valence-electron chi connectivity index (χ1n) is 9.36. The summed E-state index contributed by atoms with van der Waals surface area (Å²) in [6, 6.07) is 6.06. The lowest BCUT2D eigenvalue weighted by Crippen LogP contribution is -2.36. The number of aromatic nitrogens is 3. The molecule has 3 aromatic heterocycles. The summed E-state index contributed by atoms with van der Waals surface area (Å²) in [5.74, 6) is 1.77. The lowest BCUT2D eigenvalue weighted by atomic mass is 10.1. The van der Waals surface area contributed by atoms with E-state index in [2.05, 4.69) is 36.0 Å². The number of aryl methyl sites for hydroxylation is 2. The summed E-state index contributed by atoms with van der Waals surface area (Å²) in [5, 5.41) is 4.71. The molecule has 0 saturated carbocycles. The van der Waals surface area contributed by atoms with E-state index in [0.29, 0.717) is 0 Å². The van der Waals surface area contributed by atoms with Crippen LogP contribution in [-0.4, -0.2) is 46.2 Å². The number of morpholine rings is 1. The van der Waals surface area contributed by atoms with E-state index in [-0.39, 0.29) is 6.04 Å². The van der Waals surface area contributed by atoms with Crippen LogP contribution in [0.1, 0.15) is 34.9 Å². The predicted octanol–water partition coefficient (Wildman–Crippen LogP) is 3.71. The van der Waals surface area contributed by atoms with Crippen molar-refractivity contribution in [1.29, 1.82) is 0 Å². The molecule has 27 heavy (non-hydrogen) atoms. The Hall–Kier alpha value is -2.09. The second-order valence-electron chi connectivity index (χ2n) is 6.96. The molecule has 0 bridgehead atoms. The Kier molecular flexibility index (Phi) is 5.33. The van der Waals surface area contributed by atoms with Crippen LogP contribution in [0.25, 0.3) is 10.2 Å². The fraction of sp³-hybridized carbons (Fsp3) is 0.450. The maximum absolute atomic E-state index is 5.45. The van der Waals surface area contributed by atoms with Crippen LogP contribution in [0.3, 0.4) is 0 Å². The van der Waals surface area contributed by atoms with Gasteiger partial charge in [-0.05, 0) is 38.5 Å². The third kappa shape index (κ3) is 3.95. The molecule has 1 aliphatic rings. The number of nitrogens with zero attached hydrogens (tertiary/aromatic N) is 4. The van der Waals surface area contributed by atoms with Crippen LogP contribution in [0.5, 0.6) is 0 Å². The summed E-state index contributed by atoms with van der Waals surface area (Å²) in [7, 11) is 0. The van der Waals surface area contributed by atoms with E-state index >= 15 is 0 Å². The van der Waals surface area contributed by atoms with Crippen molar-refractivity contribution in [3.8, 4) is 0 Å². The molecule has 7 heteroatoms. The molecular weight excluding hydrogens is 358 g/mol. The molecule has 0 amide bonds. The zero-order chi connectivity index (χ0) is 18.8. The molecule has 3 aromatic rings. The number of thiophene rings is 1. The Labute approximate surface area is 163 Å². The van der Waals surface area contributed by atoms with E-state index in [0.717, 1.165) is 60.4 Å². The fourth-order valence-electron chi connectivity index (χ4n) is 3.34. The smallest absolute Gasteiger partial charge is 0.146 e. The number of hydrogen-bond donors (Lipinski definition) is 1. The van der Waals surface area contributed by atoms with E-state index in [1.807, 2.05) is 24.4 Å². The zero-order valence-corrected chi connectivity index (χ0v) is 16.8. The molecule has 1 atom stereocenters. The van der Waals surface area contributed by atoms with Gasteiger partial charge in [0.2, 0.25) is 0 Å². The van der Waals surface area contributed by atoms with Crippen LogP contribution in [0, 0.1) is 13.8 Å². The molecule has 6 nitrogen and oxygen atoms in total. The highest BCUT2D eigenvalue weighted by atomic mass is 32.1. The van der Waals surface area contributed by atoms with Gasteiger partial charge in [0.1, 0.15) is 16.5 Å². The third-order valence-electron chi connectivity index (χ3n) is 5.03. The Morgan fingerprint density at radius 1 is 1.22 bits per heavy atom. The van der Waals surface area contributed by atoms with Crippen LogP contribution in [0.2, 0.25) is 0 Å². The molecule has 0 aromatic carbocycles. The SMILES string of the molecule is Cc1sc2nc(CN3CCOCC3)nc(NC(C)c3ccccn3)c2c1C. The van der Waals surface area contributed by atoms with Gasteiger partial charge in [-0.1, -0.05) is 6.07 Å². The lowest BCUT2D eigenvalue weighted by Gasteiger charge is -2.26. The first-order chi connectivity index (χ1) is 13.1. The van der Waals surface area contributed by atoms with Gasteiger partial charge in [-0.2, -0.15) is 0 Å². The fourth-order valence-corrected chi connectivity index (χ4v) is 4.39. The molecule has 1 fully saturated rings. The van der Waals surface area contributed by atoms with Gasteiger partial charge in [0, 0.05) is 24.2 Å². The van der Waals surface area contributed by atoms with Gasteiger partial charge in [-0.25, -0.2) is 9.97 Å². The number of pyridine rings is 1. The van der Waals surface area contributed by atoms with Crippen molar-refractivity contribution < 1.29 is 4.74 Å². The van der Waals surface area contributed by atoms with Crippen LogP contribution < -0.4 is 5.32 Å². The molecule has 1 aliphatic heterocycles. The molecule has 4 rings (SSSR count). The van der Waals surface area contributed by atoms with Crippen LogP contribution in [-0.2, 0) is 11.3 Å². The quantitative estimate of drug-likeness (QED) is 0.725. The standard InChI is InChI=1S/C20H25N5OS/c1-13-15(3)27-20-18(13)19(22-14(2)16-6-4-5-7-21-16)23-17(24-20)12-25-8-10-26-11-9-25/h4-7,14H,8-12H2,1-3H3,(H,22,23,24). The van der Waals surface area contributed by atoms with Crippen molar-refractivity contribution >= 4 is 27.4 Å². The number of ether oxygens (including phenoxy) is 1. The van der Waals surface area contributed by atoms with Gasteiger partial charge in [0.05, 0.1) is 36.9 Å². The van der Waals surface area contributed by atoms with Gasteiger partial charge in [-0.15, -0.1) is 11.3 Å². The summed E-state index contributed by atoms with van der Waals surface area (Å²) < 4.78 is 5.45. The monoisotopic (exact) mass is 383 g/mol. The number of fused-ring (bicyclic) bond motifs is 1. The Morgan fingerprint density at radius 3 is 2.78 bits per heavy atom. The van der Waals surface area contributed by atoms with Crippen molar-refractivity contribution in [3.63, 3.8) is 0 Å². The topological polar surface area (TPSA) is 63.2 Å². The minimum Gasteiger partial charge on any atom is -0.379 e. The van der Waals surface area contributed by atoms with E-state index in [1.165, 1.54) is 10.4 Å². The number of nitrogens with one attached hydrogen (secondary N) is 1. The zero-order valence-electron chi connectivity index (χ0n) is 16.0.